The monoisotopic (exact) mass is 478 g/mol. The van der Waals surface area contributed by atoms with E-state index in [2.05, 4.69) is 0 Å². The molecule has 0 radical (unpaired) electrons. The van der Waals surface area contributed by atoms with Crippen LogP contribution in [0.2, 0.25) is 0 Å². The molecule has 4 aromatic carbocycles. The molecule has 0 spiro atoms. The molecule has 4 rings (SSSR count). The van der Waals surface area contributed by atoms with Crippen LogP contribution in [0.4, 0.5) is 4.39 Å². The second-order valence-corrected chi connectivity index (χ2v) is 9.57. The van der Waals surface area contributed by atoms with Crippen molar-refractivity contribution >= 4 is 26.7 Å². The van der Waals surface area contributed by atoms with E-state index in [4.69, 9.17) is 5.14 Å². The molecule has 1 amide bonds. The summed E-state index contributed by atoms with van der Waals surface area (Å²) in [7, 11) is -2.06. The predicted molar refractivity (Wildman–Crippen MR) is 129 cm³/mol. The number of carbonyl (C=O) groups excluding carboxylic acids is 1. The Balaban J connectivity index is 1.60. The lowest BCUT2D eigenvalue weighted by molar-refractivity contribution is 0.0798. The number of nitrogens with zero attached hydrogens (tertiary/aromatic N) is 1. The third kappa shape index (κ3) is 4.64. The van der Waals surface area contributed by atoms with Crippen LogP contribution in [-0.2, 0) is 16.4 Å². The van der Waals surface area contributed by atoms with Crippen LogP contribution in [-0.4, -0.2) is 37.9 Å². The fourth-order valence-electron chi connectivity index (χ4n) is 3.91. The number of rotatable bonds is 6. The van der Waals surface area contributed by atoms with Crippen molar-refractivity contribution in [1.82, 2.24) is 4.90 Å². The highest BCUT2D eigenvalue weighted by molar-refractivity contribution is 7.89. The molecule has 0 aromatic heterocycles. The minimum atomic E-state index is -3.75. The van der Waals surface area contributed by atoms with Crippen molar-refractivity contribution in [3.8, 4) is 16.9 Å². The highest BCUT2D eigenvalue weighted by atomic mass is 32.2. The Morgan fingerprint density at radius 3 is 2.24 bits per heavy atom. The highest BCUT2D eigenvalue weighted by Gasteiger charge is 2.18. The molecule has 0 bridgehead atoms. The van der Waals surface area contributed by atoms with Gasteiger partial charge in [0, 0.05) is 24.7 Å². The number of hydrogen-bond donors (Lipinski definition) is 2. The Labute approximate surface area is 197 Å². The molecule has 4 aromatic rings. The Bertz CT molecular complexity index is 1480. The molecule has 174 valence electrons. The van der Waals surface area contributed by atoms with Gasteiger partial charge in [0.25, 0.3) is 5.91 Å². The van der Waals surface area contributed by atoms with E-state index in [1.807, 2.05) is 12.1 Å². The van der Waals surface area contributed by atoms with Crippen LogP contribution in [0.5, 0.6) is 5.75 Å². The first-order valence-corrected chi connectivity index (χ1v) is 12.1. The van der Waals surface area contributed by atoms with Crippen LogP contribution in [0, 0.1) is 5.82 Å². The van der Waals surface area contributed by atoms with Crippen LogP contribution in [0.25, 0.3) is 21.9 Å². The number of amides is 1. The number of aromatic hydroxyl groups is 1. The number of halogens is 1. The summed E-state index contributed by atoms with van der Waals surface area (Å²) in [5, 5.41) is 16.3. The van der Waals surface area contributed by atoms with Gasteiger partial charge in [-0.2, -0.15) is 0 Å². The molecule has 0 saturated heterocycles. The van der Waals surface area contributed by atoms with Gasteiger partial charge in [-0.25, -0.2) is 17.9 Å². The van der Waals surface area contributed by atoms with E-state index in [1.54, 1.807) is 60.5 Å². The van der Waals surface area contributed by atoms with Crippen LogP contribution in [0.3, 0.4) is 0 Å². The first kappa shape index (κ1) is 23.4. The number of hydrogen-bond acceptors (Lipinski definition) is 4. The van der Waals surface area contributed by atoms with Crippen molar-refractivity contribution in [1.29, 1.82) is 0 Å². The smallest absolute Gasteiger partial charge is 0.254 e. The maximum Gasteiger partial charge on any atom is 0.254 e. The topological polar surface area (TPSA) is 101 Å². The number of carbonyl (C=O) groups is 1. The molecule has 0 saturated carbocycles. The van der Waals surface area contributed by atoms with Crippen LogP contribution in [0.1, 0.15) is 15.9 Å². The molecule has 0 heterocycles. The average Bonchev–Trinajstić information content (AvgIpc) is 2.83. The zero-order chi connectivity index (χ0) is 24.5. The third-order valence-corrected chi connectivity index (χ3v) is 6.68. The lowest BCUT2D eigenvalue weighted by atomic mass is 9.94. The summed E-state index contributed by atoms with van der Waals surface area (Å²) in [4.78, 5) is 14.9. The summed E-state index contributed by atoms with van der Waals surface area (Å²) in [5.74, 6) is -1.34. The molecule has 34 heavy (non-hydrogen) atoms. The maximum atomic E-state index is 14.6. The lowest BCUT2D eigenvalue weighted by Crippen LogP contribution is -2.29. The normalized spacial score (nSPS) is 11.5. The van der Waals surface area contributed by atoms with E-state index in [-0.39, 0.29) is 16.4 Å². The summed E-state index contributed by atoms with van der Waals surface area (Å²) in [6.07, 6.45) is 0.525. The van der Waals surface area contributed by atoms with Crippen LogP contribution < -0.4 is 5.14 Å². The Hall–Kier alpha value is -3.75. The molecule has 3 N–H and O–H groups in total. The number of primary sulfonamides is 1. The second-order valence-electron chi connectivity index (χ2n) is 8.01. The van der Waals surface area contributed by atoms with Gasteiger partial charge in [-0.1, -0.05) is 54.6 Å². The minimum absolute atomic E-state index is 0.0374. The largest absolute Gasteiger partial charge is 0.505 e. The first-order valence-electron chi connectivity index (χ1n) is 10.5. The van der Waals surface area contributed by atoms with Gasteiger partial charge in [0.1, 0.15) is 0 Å². The number of sulfonamides is 1. The quantitative estimate of drug-likeness (QED) is 0.431. The number of benzene rings is 4. The van der Waals surface area contributed by atoms with Gasteiger partial charge in [0.15, 0.2) is 11.6 Å². The van der Waals surface area contributed by atoms with Gasteiger partial charge in [-0.15, -0.1) is 0 Å². The standard InChI is InChI=1S/C26H23FN2O4S/c1-29(16-15-17-11-13-18(14-12-17)34(28,32)33)26(31)23-9-3-5-19-20(6-2-7-21(19)23)22-8-4-10-24(30)25(22)27/h2-14,30H,15-16H2,1H3,(H2,28,32,33). The summed E-state index contributed by atoms with van der Waals surface area (Å²) in [6, 6.07) is 21.3. The zero-order valence-corrected chi connectivity index (χ0v) is 19.2. The van der Waals surface area contributed by atoms with Gasteiger partial charge in [-0.05, 0) is 52.6 Å². The minimum Gasteiger partial charge on any atom is -0.505 e. The van der Waals surface area contributed by atoms with Crippen molar-refractivity contribution in [2.24, 2.45) is 5.14 Å². The Morgan fingerprint density at radius 2 is 1.53 bits per heavy atom. The van der Waals surface area contributed by atoms with E-state index in [9.17, 15) is 22.7 Å². The molecule has 8 heteroatoms. The SMILES string of the molecule is CN(CCc1ccc(S(N)(=O)=O)cc1)C(=O)c1cccc2c(-c3cccc(O)c3F)cccc12. The van der Waals surface area contributed by atoms with E-state index in [0.29, 0.717) is 34.9 Å². The average molecular weight is 479 g/mol. The van der Waals surface area contributed by atoms with Crippen LogP contribution >= 0.6 is 0 Å². The van der Waals surface area contributed by atoms with Gasteiger partial charge in [0.05, 0.1) is 4.90 Å². The number of phenolic OH excluding ortho intramolecular Hbond substituents is 1. The third-order valence-electron chi connectivity index (χ3n) is 5.76. The van der Waals surface area contributed by atoms with Crippen molar-refractivity contribution in [2.45, 2.75) is 11.3 Å². The van der Waals surface area contributed by atoms with Crippen molar-refractivity contribution in [3.63, 3.8) is 0 Å². The van der Waals surface area contributed by atoms with Gasteiger partial charge >= 0.3 is 0 Å². The van der Waals surface area contributed by atoms with Crippen molar-refractivity contribution in [3.05, 3.63) is 95.8 Å². The maximum absolute atomic E-state index is 14.6. The predicted octanol–water partition coefficient (Wildman–Crippen LogP) is 4.31. The summed E-state index contributed by atoms with van der Waals surface area (Å²) < 4.78 is 37.4. The Morgan fingerprint density at radius 1 is 0.912 bits per heavy atom. The summed E-state index contributed by atoms with van der Waals surface area (Å²) in [6.45, 7) is 0.408. The van der Waals surface area contributed by atoms with Crippen LogP contribution in [0.15, 0.2) is 83.8 Å². The molecule has 0 fully saturated rings. The molecule has 0 aliphatic carbocycles. The van der Waals surface area contributed by atoms with E-state index in [1.165, 1.54) is 18.2 Å². The van der Waals surface area contributed by atoms with Gasteiger partial charge < -0.3 is 10.0 Å². The van der Waals surface area contributed by atoms with Gasteiger partial charge in [0.2, 0.25) is 10.0 Å². The number of fused-ring (bicyclic) bond motifs is 1. The van der Waals surface area contributed by atoms with Crippen molar-refractivity contribution < 1.29 is 22.7 Å². The fourth-order valence-corrected chi connectivity index (χ4v) is 4.42. The van der Waals surface area contributed by atoms with Crippen molar-refractivity contribution in [2.75, 3.05) is 13.6 Å². The molecule has 0 aliphatic heterocycles. The number of nitrogens with two attached hydrogens (primary N) is 1. The zero-order valence-electron chi connectivity index (χ0n) is 18.4. The molecule has 6 nitrogen and oxygen atoms in total. The second kappa shape index (κ2) is 9.24. The number of likely N-dealkylation sites (N-methyl/N-ethyl adjacent to an activating group) is 1. The number of phenols is 1. The molecule has 0 unspecified atom stereocenters. The molecule has 0 aliphatic rings. The summed E-state index contributed by atoms with van der Waals surface area (Å²) in [5.41, 5.74) is 2.18. The summed E-state index contributed by atoms with van der Waals surface area (Å²) >= 11 is 0. The lowest BCUT2D eigenvalue weighted by Gasteiger charge is -2.19. The van der Waals surface area contributed by atoms with E-state index in [0.717, 1.165) is 5.56 Å². The first-order chi connectivity index (χ1) is 16.2. The Kier molecular flexibility index (Phi) is 6.37. The fraction of sp³-hybridized carbons (Fsp3) is 0.115. The molecular formula is C26H23FN2O4S. The van der Waals surface area contributed by atoms with Gasteiger partial charge in [-0.3, -0.25) is 4.79 Å². The molecular weight excluding hydrogens is 455 g/mol. The molecule has 0 atom stereocenters. The van der Waals surface area contributed by atoms with E-state index >= 15 is 0 Å². The highest BCUT2D eigenvalue weighted by Crippen LogP contribution is 2.34. The van der Waals surface area contributed by atoms with E-state index < -0.39 is 21.6 Å².